The minimum atomic E-state index is -0.0609. The van der Waals surface area contributed by atoms with Gasteiger partial charge in [0, 0.05) is 0 Å². The van der Waals surface area contributed by atoms with Crippen molar-refractivity contribution in [1.82, 2.24) is 0 Å². The van der Waals surface area contributed by atoms with E-state index >= 15 is 0 Å². The summed E-state index contributed by atoms with van der Waals surface area (Å²) in [5.41, 5.74) is 0. The Morgan fingerprint density at radius 1 is 0.569 bits per heavy atom. The molecule has 2 unspecified atom stereocenters. The molecule has 0 aromatic rings. The maximum absolute atomic E-state index is 11.7. The molecule has 0 amide bonds. The fourth-order valence-electron chi connectivity index (χ4n) is 4.46. The predicted octanol–water partition coefficient (Wildman–Crippen LogP) is 10.8. The van der Waals surface area contributed by atoms with Crippen molar-refractivity contribution in [1.29, 1.82) is 0 Å². The van der Waals surface area contributed by atoms with Gasteiger partial charge in [-0.25, -0.2) is 0 Å². The number of allylic oxidation sites excluding steroid dienone is 12. The van der Waals surface area contributed by atoms with Crippen LogP contribution in [0.3, 0.4) is 0 Å². The Labute approximate surface area is 362 Å². The Hall–Kier alpha value is -0.190. The molecular weight excluding hydrogens is 794 g/mol. The second-order valence-electron chi connectivity index (χ2n) is 11.3. The smallest absolute Gasteiger partial charge is 0.796 e. The van der Waals surface area contributed by atoms with Crippen LogP contribution in [0, 0.1) is 0 Å². The number of esters is 2. The van der Waals surface area contributed by atoms with Gasteiger partial charge in [-0.2, -0.15) is 18.0 Å². The summed E-state index contributed by atoms with van der Waals surface area (Å²) in [7, 11) is 0. The molecule has 0 aliphatic carbocycles. The topological polar surface area (TPSA) is 52.6 Å². The summed E-state index contributed by atoms with van der Waals surface area (Å²) in [5, 5.41) is 0.0174. The Morgan fingerprint density at radius 3 is 1.31 bits per heavy atom. The maximum Gasteiger partial charge on any atom is 1.00 e. The number of alkyl halides is 1. The predicted molar refractivity (Wildman–Crippen MR) is 238 cm³/mol. The summed E-state index contributed by atoms with van der Waals surface area (Å²) in [6.45, 7) is 8.99. The number of hydrogen-bond acceptors (Lipinski definition) is 6. The molecule has 0 radical (unpaired) electrons. The monoisotopic (exact) mass is 870 g/mol. The molecule has 0 aliphatic heterocycles. The first-order valence-corrected chi connectivity index (χ1v) is 22.1. The zero-order valence-electron chi connectivity index (χ0n) is 33.1. The van der Waals surface area contributed by atoms with Crippen molar-refractivity contribution < 1.29 is 48.6 Å². The molecule has 51 heavy (non-hydrogen) atoms. The number of halogens is 1. The number of rotatable bonds is 29. The summed E-state index contributed by atoms with van der Waals surface area (Å²) in [6, 6.07) is 0. The molecule has 0 saturated heterocycles. The molecule has 0 spiro atoms. The van der Waals surface area contributed by atoms with Gasteiger partial charge in [-0.05, 0) is 97.2 Å². The fourth-order valence-corrected chi connectivity index (χ4v) is 5.74. The number of unbranched alkanes of at least 4 members (excludes halogenated alkanes) is 8. The van der Waals surface area contributed by atoms with Crippen LogP contribution in [0.1, 0.15) is 151 Å². The normalized spacial score (nSPS) is 12.4. The molecule has 0 heterocycles. The number of hydrogen-bond donors (Lipinski definition) is 0. The Bertz CT molecular complexity index is 887. The van der Waals surface area contributed by atoms with Gasteiger partial charge in [-0.3, -0.25) is 9.59 Å². The molecule has 0 aromatic heterocycles. The summed E-state index contributed by atoms with van der Waals surface area (Å²) >= 11 is 7.88. The van der Waals surface area contributed by atoms with E-state index in [0.29, 0.717) is 13.2 Å². The third kappa shape index (κ3) is 49.8. The first-order valence-electron chi connectivity index (χ1n) is 18.8. The SMILES string of the molecule is C.CC/C=C\C/C=C\C/C=C\CCCCCCC(I)C(=O)OCC.CC/C=C\C/C=C\C/C=C\CCCCCCC(SC)C(=O)OCC.C[S-].[Na+]. The minimum absolute atomic E-state index is 0. The van der Waals surface area contributed by atoms with Crippen molar-refractivity contribution in [3.8, 4) is 0 Å². The number of ether oxygens (including phenoxy) is 2. The van der Waals surface area contributed by atoms with Crippen molar-refractivity contribution in [2.45, 2.75) is 160 Å². The van der Waals surface area contributed by atoms with E-state index < -0.39 is 0 Å². The van der Waals surface area contributed by atoms with Crippen LogP contribution in [0.15, 0.2) is 72.9 Å². The van der Waals surface area contributed by atoms with Crippen molar-refractivity contribution in [2.24, 2.45) is 0 Å². The van der Waals surface area contributed by atoms with Gasteiger partial charge in [0.2, 0.25) is 0 Å². The second kappa shape index (κ2) is 54.2. The van der Waals surface area contributed by atoms with Gasteiger partial charge in [0.15, 0.2) is 0 Å². The van der Waals surface area contributed by atoms with E-state index in [-0.39, 0.29) is 58.1 Å². The first kappa shape index (κ1) is 60.1. The van der Waals surface area contributed by atoms with Crippen molar-refractivity contribution in [3.05, 3.63) is 72.9 Å². The Balaban J connectivity index is -0.000000254. The van der Waals surface area contributed by atoms with E-state index in [1.807, 2.05) is 20.1 Å². The first-order chi connectivity index (χ1) is 24.0. The van der Waals surface area contributed by atoms with E-state index in [0.717, 1.165) is 77.0 Å². The van der Waals surface area contributed by atoms with Gasteiger partial charge >= 0.3 is 41.5 Å². The average molecular weight is 871 g/mol. The van der Waals surface area contributed by atoms with Crippen LogP contribution < -0.4 is 29.6 Å². The van der Waals surface area contributed by atoms with E-state index in [1.54, 1.807) is 18.0 Å². The summed E-state index contributed by atoms with van der Waals surface area (Å²) in [4.78, 5) is 23.1. The van der Waals surface area contributed by atoms with Gasteiger partial charge in [0.25, 0.3) is 0 Å². The van der Waals surface area contributed by atoms with Crippen LogP contribution in [0.25, 0.3) is 0 Å². The minimum Gasteiger partial charge on any atom is -0.796 e. The Morgan fingerprint density at radius 2 is 0.922 bits per heavy atom. The van der Waals surface area contributed by atoms with Crippen molar-refractivity contribution in [3.63, 3.8) is 0 Å². The molecule has 0 bridgehead atoms. The molecule has 0 fully saturated rings. The van der Waals surface area contributed by atoms with Gasteiger partial charge < -0.3 is 22.1 Å². The van der Waals surface area contributed by atoms with Gasteiger partial charge in [-0.15, -0.1) is 0 Å². The van der Waals surface area contributed by atoms with Crippen LogP contribution in [0.4, 0.5) is 0 Å². The molecule has 292 valence electrons. The molecule has 0 N–H and O–H groups in total. The van der Waals surface area contributed by atoms with Gasteiger partial charge in [0.05, 0.1) is 13.2 Å². The fraction of sp³-hybridized carbons (Fsp3) is 0.674. The zero-order valence-corrected chi connectivity index (χ0v) is 38.8. The quantitative estimate of drug-likeness (QED) is 0.0142. The molecule has 0 aliphatic rings. The third-order valence-electron chi connectivity index (χ3n) is 7.10. The van der Waals surface area contributed by atoms with Crippen molar-refractivity contribution >= 4 is 58.9 Å². The van der Waals surface area contributed by atoms with Crippen molar-refractivity contribution in [2.75, 3.05) is 25.7 Å². The van der Waals surface area contributed by atoms with Gasteiger partial charge in [0.1, 0.15) is 9.17 Å². The molecule has 2 atom stereocenters. The zero-order chi connectivity index (χ0) is 37.1. The molecule has 8 heteroatoms. The van der Waals surface area contributed by atoms with Crippen LogP contribution in [0.2, 0.25) is 0 Å². The van der Waals surface area contributed by atoms with Crippen LogP contribution in [-0.4, -0.2) is 46.8 Å². The Kier molecular flexibility index (Phi) is 63.8. The molecular formula is C43H76INaO4S2. The summed E-state index contributed by atoms with van der Waals surface area (Å²) < 4.78 is 10.1. The largest absolute Gasteiger partial charge is 1.00 e. The maximum atomic E-state index is 11.7. The van der Waals surface area contributed by atoms with E-state index in [4.69, 9.17) is 9.47 Å². The average Bonchev–Trinajstić information content (AvgIpc) is 3.11. The van der Waals surface area contributed by atoms with Crippen LogP contribution in [0.5, 0.6) is 0 Å². The summed E-state index contributed by atoms with van der Waals surface area (Å²) in [5.74, 6) is -0.111. The molecule has 4 nitrogen and oxygen atoms in total. The van der Waals surface area contributed by atoms with Gasteiger partial charge in [-0.1, -0.05) is 155 Å². The van der Waals surface area contributed by atoms with E-state index in [1.165, 1.54) is 38.5 Å². The van der Waals surface area contributed by atoms with E-state index in [9.17, 15) is 9.59 Å². The molecule has 0 aromatic carbocycles. The number of carbonyl (C=O) groups excluding carboxylic acids is 2. The second-order valence-corrected chi connectivity index (χ2v) is 13.8. The van der Waals surface area contributed by atoms with Crippen LogP contribution in [-0.2, 0) is 31.7 Å². The number of thioether (sulfide) groups is 1. The third-order valence-corrected chi connectivity index (χ3v) is 9.23. The number of carbonyl (C=O) groups is 2. The standard InChI is InChI=1S/C21H36O2S.C20H33IO2.CH4S.CH4.Na/c1-4-6-7-8-9-10-11-12-13-14-15-16-17-18-19-20(24-3)21(22)23-5-2;1-3-5-6-7-8-9-10-11-12-13-14-15-16-17-18-19(21)20(22)23-4-2;1-2;;/h6-7,9-10,12-13,20H,4-5,8,11,14-19H2,1-3H3;5-6,8-9,11-12,19H,3-4,7,10,13-18H2,1-2H3;2H,1H3;1H4;/q;;;;+1/p-1/b7-6-,10-9-,13-12-;6-5-,9-8-,12-11-;;;. The van der Waals surface area contributed by atoms with E-state index in [2.05, 4.69) is 122 Å². The van der Waals surface area contributed by atoms with Crippen LogP contribution >= 0.6 is 34.4 Å². The molecule has 0 saturated carbocycles. The molecule has 0 rings (SSSR count). The summed E-state index contributed by atoms with van der Waals surface area (Å²) in [6.07, 6.45) is 50.6.